The Balaban J connectivity index is 0.00000240. The molecule has 1 saturated heterocycles. The van der Waals surface area contributed by atoms with Gasteiger partial charge in [0.2, 0.25) is 0 Å². The van der Waals surface area contributed by atoms with Crippen LogP contribution in [0.1, 0.15) is 12.0 Å². The Bertz CT molecular complexity index is 912. The first kappa shape index (κ1) is 21.1. The molecular formula is C21H26IN7. The second-order valence-corrected chi connectivity index (χ2v) is 6.87. The summed E-state index contributed by atoms with van der Waals surface area (Å²) in [6.07, 6.45) is 2.61. The Morgan fingerprint density at radius 2 is 2.07 bits per heavy atom. The van der Waals surface area contributed by atoms with Crippen molar-refractivity contribution in [2.45, 2.75) is 19.0 Å². The highest BCUT2D eigenvalue weighted by molar-refractivity contribution is 14.0. The molecule has 7 nitrogen and oxygen atoms in total. The lowest BCUT2D eigenvalue weighted by Gasteiger charge is -2.20. The summed E-state index contributed by atoms with van der Waals surface area (Å²) in [5.41, 5.74) is 3.46. The molecule has 0 bridgehead atoms. The predicted molar refractivity (Wildman–Crippen MR) is 128 cm³/mol. The van der Waals surface area contributed by atoms with E-state index in [1.807, 2.05) is 19.2 Å². The van der Waals surface area contributed by atoms with E-state index in [-0.39, 0.29) is 24.0 Å². The van der Waals surface area contributed by atoms with Gasteiger partial charge < -0.3 is 15.5 Å². The predicted octanol–water partition coefficient (Wildman–Crippen LogP) is 3.03. The third kappa shape index (κ3) is 5.47. The van der Waals surface area contributed by atoms with Crippen LogP contribution < -0.4 is 15.5 Å². The maximum Gasteiger partial charge on any atom is 0.191 e. The highest BCUT2D eigenvalue weighted by Gasteiger charge is 2.23. The molecule has 3 N–H and O–H groups in total. The number of nitrogens with zero attached hydrogens (tertiary/aromatic N) is 4. The van der Waals surface area contributed by atoms with E-state index in [0.717, 1.165) is 42.4 Å². The zero-order chi connectivity index (χ0) is 19.2. The van der Waals surface area contributed by atoms with Crippen LogP contribution in [0.4, 0.5) is 5.69 Å². The first-order valence-electron chi connectivity index (χ1n) is 9.53. The highest BCUT2D eigenvalue weighted by atomic mass is 127. The van der Waals surface area contributed by atoms with Crippen LogP contribution in [-0.4, -0.2) is 47.3 Å². The molecule has 2 heterocycles. The Kier molecular flexibility index (Phi) is 7.45. The quantitative estimate of drug-likeness (QED) is 0.284. The number of guanidine groups is 1. The standard InChI is InChI=1S/C21H25N7.HI/c1-22-21(26-18-10-11-28(14-18)19-8-3-2-4-9-19)23-13-16-6-5-7-17(12-16)20-24-15-25-27-20;/h2-9,12,15,18H,10-11,13-14H2,1H3,(H2,22,23,26)(H,24,25,27);1H. The van der Waals surface area contributed by atoms with E-state index in [2.05, 4.69) is 78.2 Å². The largest absolute Gasteiger partial charge is 0.369 e. The van der Waals surface area contributed by atoms with Crippen LogP contribution in [0.5, 0.6) is 0 Å². The second kappa shape index (κ2) is 10.2. The normalized spacial score (nSPS) is 16.4. The number of halogens is 1. The van der Waals surface area contributed by atoms with E-state index in [1.54, 1.807) is 0 Å². The molecule has 1 atom stereocenters. The van der Waals surface area contributed by atoms with Crippen molar-refractivity contribution in [2.24, 2.45) is 4.99 Å². The molecule has 1 aliphatic heterocycles. The highest BCUT2D eigenvalue weighted by Crippen LogP contribution is 2.19. The van der Waals surface area contributed by atoms with Crippen LogP contribution in [0.3, 0.4) is 0 Å². The molecule has 0 radical (unpaired) electrons. The van der Waals surface area contributed by atoms with Crippen LogP contribution in [0, 0.1) is 0 Å². The van der Waals surface area contributed by atoms with Gasteiger partial charge in [-0.2, -0.15) is 5.10 Å². The summed E-state index contributed by atoms with van der Waals surface area (Å²) >= 11 is 0. The van der Waals surface area contributed by atoms with Crippen LogP contribution >= 0.6 is 24.0 Å². The Hall–Kier alpha value is -2.62. The van der Waals surface area contributed by atoms with Gasteiger partial charge >= 0.3 is 0 Å². The van der Waals surface area contributed by atoms with E-state index >= 15 is 0 Å². The number of para-hydroxylation sites is 1. The number of aromatic amines is 1. The van der Waals surface area contributed by atoms with Gasteiger partial charge in [0, 0.05) is 44.0 Å². The number of hydrogen-bond donors (Lipinski definition) is 3. The van der Waals surface area contributed by atoms with E-state index < -0.39 is 0 Å². The maximum atomic E-state index is 4.38. The van der Waals surface area contributed by atoms with Crippen LogP contribution in [0.25, 0.3) is 11.4 Å². The van der Waals surface area contributed by atoms with Crippen molar-refractivity contribution in [3.8, 4) is 11.4 Å². The second-order valence-electron chi connectivity index (χ2n) is 6.87. The lowest BCUT2D eigenvalue weighted by atomic mass is 10.1. The number of anilines is 1. The molecule has 0 amide bonds. The third-order valence-electron chi connectivity index (χ3n) is 4.95. The molecule has 0 aliphatic carbocycles. The minimum absolute atomic E-state index is 0. The summed E-state index contributed by atoms with van der Waals surface area (Å²) < 4.78 is 0. The average molecular weight is 503 g/mol. The Labute approximate surface area is 188 Å². The van der Waals surface area contributed by atoms with Gasteiger partial charge in [0.25, 0.3) is 0 Å². The number of hydrogen-bond acceptors (Lipinski definition) is 4. The van der Waals surface area contributed by atoms with E-state index in [0.29, 0.717) is 12.6 Å². The van der Waals surface area contributed by atoms with E-state index in [4.69, 9.17) is 0 Å². The van der Waals surface area contributed by atoms with Crippen LogP contribution in [0.2, 0.25) is 0 Å². The fourth-order valence-electron chi connectivity index (χ4n) is 3.50. The van der Waals surface area contributed by atoms with Crippen molar-refractivity contribution in [2.75, 3.05) is 25.0 Å². The molecule has 0 saturated carbocycles. The number of aliphatic imine (C=N–C) groups is 1. The summed E-state index contributed by atoms with van der Waals surface area (Å²) in [5, 5.41) is 13.8. The topological polar surface area (TPSA) is 81.2 Å². The lowest BCUT2D eigenvalue weighted by Crippen LogP contribution is -2.44. The van der Waals surface area contributed by atoms with E-state index in [9.17, 15) is 0 Å². The summed E-state index contributed by atoms with van der Waals surface area (Å²) in [6.45, 7) is 2.72. The number of benzene rings is 2. The molecular weight excluding hydrogens is 477 g/mol. The molecule has 3 aromatic rings. The van der Waals surface area contributed by atoms with Crippen LogP contribution in [-0.2, 0) is 6.54 Å². The molecule has 1 aliphatic rings. The molecule has 1 fully saturated rings. The van der Waals surface area contributed by atoms with Crippen molar-refractivity contribution in [3.63, 3.8) is 0 Å². The summed E-state index contributed by atoms with van der Waals surface area (Å²) in [7, 11) is 1.81. The van der Waals surface area contributed by atoms with Crippen molar-refractivity contribution in [1.82, 2.24) is 25.8 Å². The maximum absolute atomic E-state index is 4.38. The van der Waals surface area contributed by atoms with Crippen LogP contribution in [0.15, 0.2) is 65.9 Å². The number of H-pyrrole nitrogens is 1. The summed E-state index contributed by atoms with van der Waals surface area (Å²) in [5.74, 6) is 1.60. The van der Waals surface area contributed by atoms with Gasteiger partial charge in [-0.25, -0.2) is 4.98 Å². The van der Waals surface area contributed by atoms with Gasteiger partial charge in [-0.05, 0) is 30.2 Å². The molecule has 1 aromatic heterocycles. The van der Waals surface area contributed by atoms with E-state index in [1.165, 1.54) is 12.0 Å². The summed E-state index contributed by atoms with van der Waals surface area (Å²) in [4.78, 5) is 11.0. The van der Waals surface area contributed by atoms with Crippen molar-refractivity contribution >= 4 is 35.6 Å². The molecule has 2 aromatic carbocycles. The number of aromatic nitrogens is 3. The first-order chi connectivity index (χ1) is 13.8. The fourth-order valence-corrected chi connectivity index (χ4v) is 3.50. The van der Waals surface area contributed by atoms with Gasteiger partial charge in [0.1, 0.15) is 6.33 Å². The van der Waals surface area contributed by atoms with Crippen molar-refractivity contribution in [1.29, 1.82) is 0 Å². The minimum atomic E-state index is 0. The molecule has 152 valence electrons. The lowest BCUT2D eigenvalue weighted by molar-refractivity contribution is 0.648. The Morgan fingerprint density at radius 3 is 2.83 bits per heavy atom. The van der Waals surface area contributed by atoms with Crippen molar-refractivity contribution < 1.29 is 0 Å². The van der Waals surface area contributed by atoms with Crippen molar-refractivity contribution in [3.05, 3.63) is 66.5 Å². The number of nitrogens with one attached hydrogen (secondary N) is 3. The SMILES string of the molecule is CN=C(NCc1cccc(-c2ncn[nH]2)c1)NC1CCN(c2ccccc2)C1.I. The zero-order valence-corrected chi connectivity index (χ0v) is 18.7. The molecule has 29 heavy (non-hydrogen) atoms. The average Bonchev–Trinajstić information content (AvgIpc) is 3.44. The van der Waals surface area contributed by atoms with Gasteiger partial charge in [0.05, 0.1) is 0 Å². The third-order valence-corrected chi connectivity index (χ3v) is 4.95. The van der Waals surface area contributed by atoms with Gasteiger partial charge in [-0.1, -0.05) is 36.4 Å². The summed E-state index contributed by atoms with van der Waals surface area (Å²) in [6, 6.07) is 19.2. The molecule has 8 heteroatoms. The van der Waals surface area contributed by atoms with Gasteiger partial charge in [-0.15, -0.1) is 24.0 Å². The molecule has 4 rings (SSSR count). The Morgan fingerprint density at radius 1 is 1.21 bits per heavy atom. The zero-order valence-electron chi connectivity index (χ0n) is 16.4. The smallest absolute Gasteiger partial charge is 0.191 e. The van der Waals surface area contributed by atoms with Gasteiger partial charge in [-0.3, -0.25) is 10.1 Å². The minimum Gasteiger partial charge on any atom is -0.369 e. The molecule has 0 spiro atoms. The monoisotopic (exact) mass is 503 g/mol. The molecule has 1 unspecified atom stereocenters. The van der Waals surface area contributed by atoms with Gasteiger partial charge in [0.15, 0.2) is 11.8 Å². The number of rotatable bonds is 5. The fraction of sp³-hybridized carbons (Fsp3) is 0.286. The first-order valence-corrected chi connectivity index (χ1v) is 9.53.